The van der Waals surface area contributed by atoms with Gasteiger partial charge in [-0.25, -0.2) is 4.79 Å². The maximum absolute atomic E-state index is 14.8. The van der Waals surface area contributed by atoms with Gasteiger partial charge in [0.1, 0.15) is 24.4 Å². The van der Waals surface area contributed by atoms with E-state index in [0.29, 0.717) is 25.9 Å². The molecule has 0 saturated carbocycles. The number of nitrogens with two attached hydrogens (primary N) is 1. The number of benzene rings is 3. The molecule has 0 aromatic heterocycles. The van der Waals surface area contributed by atoms with E-state index in [1.54, 1.807) is 34.1 Å². The molecule has 0 spiro atoms. The Kier molecular flexibility index (Phi) is 14.0. The number of carbonyl (C=O) groups excluding carboxylic acids is 3. The van der Waals surface area contributed by atoms with E-state index in [-0.39, 0.29) is 31.1 Å². The number of hydrogen-bond acceptors (Lipinski definition) is 7. The Morgan fingerprint density at radius 1 is 0.800 bits per heavy atom. The van der Waals surface area contributed by atoms with Crippen LogP contribution in [0.2, 0.25) is 0 Å². The largest absolute Gasteiger partial charge is 0.508 e. The molecule has 240 valence electrons. The topological polar surface area (TPSA) is 113 Å². The predicted octanol–water partition coefficient (Wildman–Crippen LogP) is 6.21. The van der Waals surface area contributed by atoms with Crippen molar-refractivity contribution in [2.45, 2.75) is 63.6 Å². The number of aromatic hydroxyl groups is 1. The molecule has 4 rings (SSSR count). The van der Waals surface area contributed by atoms with Gasteiger partial charge in [-0.3, -0.25) is 14.5 Å². The summed E-state index contributed by atoms with van der Waals surface area (Å²) in [7, 11) is 3.70. The summed E-state index contributed by atoms with van der Waals surface area (Å²) in [5.74, 6) is 1.15. The normalized spacial score (nSPS) is 18.0. The standard InChI is InChI=1S/C35H43N3O5S2/c36-33(40)31(24-28-16-18-30(39)19-17-28)37-20-8-3-10-22-44-45-23-11-9-21-38(35(42)43-26-29-14-6-2-7-15-29)32(34(37)41)25-27-12-4-1-5-13-27/h1-2,4-7,12-19,31-32,39H,3,8-11,20-26H2,(H2,36,40)/t31-,32-/m0/s1. The number of ether oxygens (including phenoxy) is 1. The fraction of sp³-hybridized carbons (Fsp3) is 0.400. The molecule has 3 amide bonds. The molecule has 0 aliphatic carbocycles. The molecule has 1 fully saturated rings. The molecule has 3 N–H and O–H groups in total. The molecule has 1 heterocycles. The number of rotatable bonds is 8. The van der Waals surface area contributed by atoms with Gasteiger partial charge < -0.3 is 20.5 Å². The average molecular weight is 650 g/mol. The Morgan fingerprint density at radius 3 is 2.04 bits per heavy atom. The van der Waals surface area contributed by atoms with E-state index in [9.17, 15) is 19.5 Å². The van der Waals surface area contributed by atoms with Crippen LogP contribution in [0.4, 0.5) is 4.79 Å². The van der Waals surface area contributed by atoms with Crippen LogP contribution in [0.5, 0.6) is 5.75 Å². The van der Waals surface area contributed by atoms with Gasteiger partial charge in [0.2, 0.25) is 11.8 Å². The second-order valence-electron chi connectivity index (χ2n) is 11.2. The van der Waals surface area contributed by atoms with Gasteiger partial charge in [-0.05, 0) is 54.5 Å². The zero-order valence-electron chi connectivity index (χ0n) is 25.6. The van der Waals surface area contributed by atoms with E-state index >= 15 is 0 Å². The van der Waals surface area contributed by atoms with Crippen molar-refractivity contribution < 1.29 is 24.2 Å². The second kappa shape index (κ2) is 18.4. The lowest BCUT2D eigenvalue weighted by Crippen LogP contribution is -2.58. The van der Waals surface area contributed by atoms with Gasteiger partial charge in [0.05, 0.1) is 0 Å². The Balaban J connectivity index is 1.70. The molecule has 0 unspecified atom stereocenters. The fourth-order valence-corrected chi connectivity index (χ4v) is 7.65. The zero-order valence-corrected chi connectivity index (χ0v) is 27.2. The third kappa shape index (κ3) is 11.0. The van der Waals surface area contributed by atoms with Gasteiger partial charge in [-0.1, -0.05) is 101 Å². The monoisotopic (exact) mass is 649 g/mol. The van der Waals surface area contributed by atoms with Crippen LogP contribution in [0.25, 0.3) is 0 Å². The first kappa shape index (κ1) is 34.2. The van der Waals surface area contributed by atoms with Crippen LogP contribution < -0.4 is 5.73 Å². The zero-order chi connectivity index (χ0) is 31.9. The Hall–Kier alpha value is -3.63. The Bertz CT molecular complexity index is 1340. The van der Waals surface area contributed by atoms with Crippen molar-refractivity contribution in [2.24, 2.45) is 5.73 Å². The molecule has 3 aromatic carbocycles. The number of carbonyl (C=O) groups is 3. The lowest BCUT2D eigenvalue weighted by Gasteiger charge is -2.37. The van der Waals surface area contributed by atoms with E-state index in [0.717, 1.165) is 47.5 Å². The van der Waals surface area contributed by atoms with Gasteiger partial charge in [-0.2, -0.15) is 0 Å². The van der Waals surface area contributed by atoms with Crippen LogP contribution in [0.1, 0.15) is 48.8 Å². The summed E-state index contributed by atoms with van der Waals surface area (Å²) in [6.45, 7) is 0.763. The van der Waals surface area contributed by atoms with Gasteiger partial charge >= 0.3 is 6.09 Å². The average Bonchev–Trinajstić information content (AvgIpc) is 3.06. The molecule has 0 radical (unpaired) electrons. The molecule has 10 heteroatoms. The summed E-state index contributed by atoms with van der Waals surface area (Å²) in [6.07, 6.45) is 4.11. The maximum Gasteiger partial charge on any atom is 0.410 e. The van der Waals surface area contributed by atoms with Crippen LogP contribution in [0.15, 0.2) is 84.9 Å². The molecular formula is C35H43N3O5S2. The first-order chi connectivity index (χ1) is 21.9. The highest BCUT2D eigenvalue weighted by molar-refractivity contribution is 8.76. The van der Waals surface area contributed by atoms with E-state index in [1.165, 1.54) is 0 Å². The summed E-state index contributed by atoms with van der Waals surface area (Å²) in [4.78, 5) is 44.8. The van der Waals surface area contributed by atoms with Crippen molar-refractivity contribution in [1.29, 1.82) is 0 Å². The molecule has 1 aliphatic heterocycles. The molecule has 2 atom stereocenters. The van der Waals surface area contributed by atoms with E-state index in [1.807, 2.05) is 82.3 Å². The Labute approximate surface area is 274 Å². The number of hydrogen-bond donors (Lipinski definition) is 2. The molecule has 1 saturated heterocycles. The third-order valence-electron chi connectivity index (χ3n) is 7.81. The van der Waals surface area contributed by atoms with Gasteiger partial charge in [0.25, 0.3) is 0 Å². The lowest BCUT2D eigenvalue weighted by atomic mass is 9.99. The van der Waals surface area contributed by atoms with Crippen LogP contribution in [-0.2, 0) is 33.8 Å². The number of primary amides is 1. The molecule has 1 aliphatic rings. The maximum atomic E-state index is 14.8. The highest BCUT2D eigenvalue weighted by atomic mass is 33.1. The highest BCUT2D eigenvalue weighted by Crippen LogP contribution is 2.26. The van der Waals surface area contributed by atoms with E-state index in [4.69, 9.17) is 10.5 Å². The minimum absolute atomic E-state index is 0.0867. The quantitative estimate of drug-likeness (QED) is 0.279. The van der Waals surface area contributed by atoms with Gasteiger partial charge in [-0.15, -0.1) is 0 Å². The summed E-state index contributed by atoms with van der Waals surface area (Å²) in [5, 5.41) is 9.79. The van der Waals surface area contributed by atoms with Crippen LogP contribution in [0, 0.1) is 0 Å². The number of nitrogens with zero attached hydrogens (tertiary/aromatic N) is 2. The Morgan fingerprint density at radius 2 is 1.40 bits per heavy atom. The number of phenolic OH excluding ortho intramolecular Hbond substituents is 1. The van der Waals surface area contributed by atoms with Crippen molar-refractivity contribution >= 4 is 39.5 Å². The van der Waals surface area contributed by atoms with Gasteiger partial charge in [0, 0.05) is 37.4 Å². The van der Waals surface area contributed by atoms with Crippen molar-refractivity contribution in [1.82, 2.24) is 9.80 Å². The van der Waals surface area contributed by atoms with Crippen LogP contribution >= 0.6 is 21.6 Å². The minimum atomic E-state index is -0.928. The minimum Gasteiger partial charge on any atom is -0.508 e. The summed E-state index contributed by atoms with van der Waals surface area (Å²) in [6, 6.07) is 23.8. The summed E-state index contributed by atoms with van der Waals surface area (Å²) < 4.78 is 5.81. The summed E-state index contributed by atoms with van der Waals surface area (Å²) in [5.41, 5.74) is 8.52. The van der Waals surface area contributed by atoms with Crippen molar-refractivity contribution in [3.8, 4) is 5.75 Å². The first-order valence-electron chi connectivity index (χ1n) is 15.6. The predicted molar refractivity (Wildman–Crippen MR) is 182 cm³/mol. The molecular weight excluding hydrogens is 607 g/mol. The fourth-order valence-electron chi connectivity index (χ4n) is 5.36. The van der Waals surface area contributed by atoms with Crippen molar-refractivity contribution in [2.75, 3.05) is 24.6 Å². The molecule has 45 heavy (non-hydrogen) atoms. The van der Waals surface area contributed by atoms with Crippen molar-refractivity contribution in [3.63, 3.8) is 0 Å². The molecule has 8 nitrogen and oxygen atoms in total. The molecule has 0 bridgehead atoms. The number of phenols is 1. The first-order valence-corrected chi connectivity index (χ1v) is 18.0. The lowest BCUT2D eigenvalue weighted by molar-refractivity contribution is -0.143. The molecule has 3 aromatic rings. The van der Waals surface area contributed by atoms with E-state index in [2.05, 4.69) is 0 Å². The van der Waals surface area contributed by atoms with Crippen LogP contribution in [0.3, 0.4) is 0 Å². The van der Waals surface area contributed by atoms with Gasteiger partial charge in [0.15, 0.2) is 0 Å². The highest BCUT2D eigenvalue weighted by Gasteiger charge is 2.38. The smallest absolute Gasteiger partial charge is 0.410 e. The third-order valence-corrected chi connectivity index (χ3v) is 10.4. The van der Waals surface area contributed by atoms with Crippen LogP contribution in [-0.4, -0.2) is 69.5 Å². The second-order valence-corrected chi connectivity index (χ2v) is 13.9. The van der Waals surface area contributed by atoms with Crippen molar-refractivity contribution in [3.05, 3.63) is 102 Å². The van der Waals surface area contributed by atoms with E-state index < -0.39 is 24.1 Å². The summed E-state index contributed by atoms with van der Waals surface area (Å²) >= 11 is 0. The number of amides is 3. The SMILES string of the molecule is NC(=O)[C@H](Cc1ccc(O)cc1)N1CCCCCSSCCCCN(C(=O)OCc2ccccc2)[C@@H](Cc2ccccc2)C1=O.